The topological polar surface area (TPSA) is 90.9 Å². The van der Waals surface area contributed by atoms with Gasteiger partial charge in [0.05, 0.1) is 12.7 Å². The Morgan fingerprint density at radius 3 is 3.15 bits per heavy atom. The van der Waals surface area contributed by atoms with Crippen molar-refractivity contribution in [1.82, 2.24) is 4.98 Å². The number of carbonyl (C=O) groups excluding carboxylic acids is 1. The second-order valence-electron chi connectivity index (χ2n) is 4.14. The number of benzene rings is 1. The van der Waals surface area contributed by atoms with Crippen LogP contribution >= 0.6 is 0 Å². The van der Waals surface area contributed by atoms with E-state index in [0.29, 0.717) is 18.5 Å². The first-order valence-corrected chi connectivity index (χ1v) is 6.13. The number of nitrogens with one attached hydrogen (secondary N) is 1. The molecule has 0 fully saturated rings. The third-order valence-corrected chi connectivity index (χ3v) is 2.88. The number of aromatic amines is 1. The summed E-state index contributed by atoms with van der Waals surface area (Å²) in [7, 11) is 1.36. The van der Waals surface area contributed by atoms with Gasteiger partial charge in [-0.25, -0.2) is 4.79 Å². The lowest BCUT2D eigenvalue weighted by Crippen LogP contribution is -1.99. The lowest BCUT2D eigenvalue weighted by Gasteiger charge is -1.98. The molecule has 0 saturated carbocycles. The third-order valence-electron chi connectivity index (χ3n) is 2.88. The standard InChI is InChI=1S/C14H14N4O2/c1-20-14(19)12-9-16-13-6-5-10(8-11(12)13)4-2-3-7-17-18-15/h2,4-6,8-9,16H,3,7H2,1H3. The molecule has 1 aromatic heterocycles. The second kappa shape index (κ2) is 6.45. The summed E-state index contributed by atoms with van der Waals surface area (Å²) in [6, 6.07) is 5.78. The van der Waals surface area contributed by atoms with Gasteiger partial charge in [0.25, 0.3) is 0 Å². The van der Waals surface area contributed by atoms with Gasteiger partial charge in [0, 0.05) is 28.6 Å². The number of H-pyrrole nitrogens is 1. The van der Waals surface area contributed by atoms with E-state index < -0.39 is 0 Å². The fourth-order valence-corrected chi connectivity index (χ4v) is 1.92. The summed E-state index contributed by atoms with van der Waals surface area (Å²) in [5, 5.41) is 4.28. The minimum atomic E-state index is -0.360. The van der Waals surface area contributed by atoms with Crippen molar-refractivity contribution < 1.29 is 9.53 Å². The SMILES string of the molecule is COC(=O)c1c[nH]c2ccc(C=CCCN=[N+]=[N-])cc12. The number of hydrogen-bond acceptors (Lipinski definition) is 3. The van der Waals surface area contributed by atoms with Gasteiger partial charge in [-0.15, -0.1) is 0 Å². The maximum Gasteiger partial charge on any atom is 0.340 e. The Bertz CT molecular complexity index is 696. The van der Waals surface area contributed by atoms with Crippen molar-refractivity contribution in [3.8, 4) is 0 Å². The normalized spacial score (nSPS) is 10.7. The molecule has 0 aliphatic heterocycles. The molecular formula is C14H14N4O2. The fourth-order valence-electron chi connectivity index (χ4n) is 1.92. The number of methoxy groups -OCH3 is 1. The van der Waals surface area contributed by atoms with E-state index in [1.807, 2.05) is 30.4 Å². The molecule has 0 atom stereocenters. The summed E-state index contributed by atoms with van der Waals surface area (Å²) < 4.78 is 4.74. The lowest BCUT2D eigenvalue weighted by molar-refractivity contribution is 0.0603. The summed E-state index contributed by atoms with van der Waals surface area (Å²) in [4.78, 5) is 17.4. The van der Waals surface area contributed by atoms with E-state index in [4.69, 9.17) is 10.3 Å². The molecule has 20 heavy (non-hydrogen) atoms. The average Bonchev–Trinajstić information content (AvgIpc) is 2.89. The Hall–Kier alpha value is -2.72. The van der Waals surface area contributed by atoms with E-state index >= 15 is 0 Å². The molecule has 0 saturated heterocycles. The maximum absolute atomic E-state index is 11.6. The van der Waals surface area contributed by atoms with Crippen molar-refractivity contribution in [3.63, 3.8) is 0 Å². The number of nitrogens with zero attached hydrogens (tertiary/aromatic N) is 3. The van der Waals surface area contributed by atoms with Gasteiger partial charge in [-0.05, 0) is 29.6 Å². The van der Waals surface area contributed by atoms with Gasteiger partial charge in [0.2, 0.25) is 0 Å². The Kier molecular flexibility index (Phi) is 4.42. The van der Waals surface area contributed by atoms with E-state index in [1.165, 1.54) is 7.11 Å². The molecule has 2 rings (SSSR count). The van der Waals surface area contributed by atoms with Crippen LogP contribution in [0.3, 0.4) is 0 Å². The molecule has 0 aliphatic carbocycles. The molecule has 6 heteroatoms. The van der Waals surface area contributed by atoms with Gasteiger partial charge < -0.3 is 9.72 Å². The number of fused-ring (bicyclic) bond motifs is 1. The van der Waals surface area contributed by atoms with Gasteiger partial charge >= 0.3 is 5.97 Å². The number of aromatic nitrogens is 1. The molecule has 2 aromatic rings. The smallest absolute Gasteiger partial charge is 0.340 e. The van der Waals surface area contributed by atoms with Crippen molar-refractivity contribution in [2.75, 3.05) is 13.7 Å². The Morgan fingerprint density at radius 1 is 1.55 bits per heavy atom. The molecule has 0 bridgehead atoms. The number of esters is 1. The van der Waals surface area contributed by atoms with E-state index in [2.05, 4.69) is 15.0 Å². The van der Waals surface area contributed by atoms with Crippen LogP contribution in [0.25, 0.3) is 27.4 Å². The minimum Gasteiger partial charge on any atom is -0.465 e. The maximum atomic E-state index is 11.6. The zero-order valence-electron chi connectivity index (χ0n) is 11.0. The molecule has 0 unspecified atom stereocenters. The molecule has 0 radical (unpaired) electrons. The number of rotatable bonds is 5. The van der Waals surface area contributed by atoms with E-state index in [1.54, 1.807) is 6.20 Å². The number of ether oxygens (including phenoxy) is 1. The van der Waals surface area contributed by atoms with Crippen LogP contribution in [0.5, 0.6) is 0 Å². The molecule has 0 amide bonds. The molecular weight excluding hydrogens is 256 g/mol. The van der Waals surface area contributed by atoms with E-state index in [9.17, 15) is 4.79 Å². The monoisotopic (exact) mass is 270 g/mol. The van der Waals surface area contributed by atoms with Crippen LogP contribution in [-0.4, -0.2) is 24.6 Å². The highest BCUT2D eigenvalue weighted by molar-refractivity contribution is 6.04. The highest BCUT2D eigenvalue weighted by Crippen LogP contribution is 2.21. The first kappa shape index (κ1) is 13.7. The zero-order valence-corrected chi connectivity index (χ0v) is 11.0. The minimum absolute atomic E-state index is 0.360. The number of azide groups is 1. The Morgan fingerprint density at radius 2 is 2.40 bits per heavy atom. The predicted molar refractivity (Wildman–Crippen MR) is 77.3 cm³/mol. The molecule has 1 aromatic carbocycles. The summed E-state index contributed by atoms with van der Waals surface area (Å²) in [5.74, 6) is -0.360. The van der Waals surface area contributed by atoms with Crippen LogP contribution in [0.1, 0.15) is 22.3 Å². The van der Waals surface area contributed by atoms with Crippen LogP contribution in [-0.2, 0) is 4.74 Å². The molecule has 1 N–H and O–H groups in total. The van der Waals surface area contributed by atoms with Crippen LogP contribution in [0.2, 0.25) is 0 Å². The fraction of sp³-hybridized carbons (Fsp3) is 0.214. The molecule has 6 nitrogen and oxygen atoms in total. The van der Waals surface area contributed by atoms with Crippen LogP contribution in [0.15, 0.2) is 35.6 Å². The van der Waals surface area contributed by atoms with E-state index in [-0.39, 0.29) is 5.97 Å². The van der Waals surface area contributed by atoms with Gasteiger partial charge in [-0.3, -0.25) is 0 Å². The van der Waals surface area contributed by atoms with E-state index in [0.717, 1.165) is 16.5 Å². The van der Waals surface area contributed by atoms with Gasteiger partial charge in [-0.1, -0.05) is 23.3 Å². The van der Waals surface area contributed by atoms with Crippen LogP contribution in [0.4, 0.5) is 0 Å². The highest BCUT2D eigenvalue weighted by atomic mass is 16.5. The first-order chi connectivity index (χ1) is 9.76. The largest absolute Gasteiger partial charge is 0.465 e. The molecule has 0 spiro atoms. The Balaban J connectivity index is 2.23. The predicted octanol–water partition coefficient (Wildman–Crippen LogP) is 3.67. The second-order valence-corrected chi connectivity index (χ2v) is 4.14. The van der Waals surface area contributed by atoms with Crippen molar-refractivity contribution in [1.29, 1.82) is 0 Å². The molecule has 102 valence electrons. The number of carbonyl (C=O) groups is 1. The summed E-state index contributed by atoms with van der Waals surface area (Å²) in [6.07, 6.45) is 6.19. The average molecular weight is 270 g/mol. The first-order valence-electron chi connectivity index (χ1n) is 6.13. The highest BCUT2D eigenvalue weighted by Gasteiger charge is 2.11. The van der Waals surface area contributed by atoms with Crippen LogP contribution < -0.4 is 0 Å². The van der Waals surface area contributed by atoms with Crippen LogP contribution in [0, 0.1) is 0 Å². The van der Waals surface area contributed by atoms with Gasteiger partial charge in [0.15, 0.2) is 0 Å². The van der Waals surface area contributed by atoms with Crippen molar-refractivity contribution in [2.45, 2.75) is 6.42 Å². The third kappa shape index (κ3) is 2.99. The summed E-state index contributed by atoms with van der Waals surface area (Å²) in [6.45, 7) is 0.437. The number of hydrogen-bond donors (Lipinski definition) is 1. The van der Waals surface area contributed by atoms with Crippen molar-refractivity contribution >= 4 is 22.9 Å². The summed E-state index contributed by atoms with van der Waals surface area (Å²) in [5.41, 5.74) is 10.6. The van der Waals surface area contributed by atoms with Gasteiger partial charge in [-0.2, -0.15) is 0 Å². The quantitative estimate of drug-likeness (QED) is 0.295. The zero-order chi connectivity index (χ0) is 14.4. The summed E-state index contributed by atoms with van der Waals surface area (Å²) >= 11 is 0. The lowest BCUT2D eigenvalue weighted by atomic mass is 10.1. The Labute approximate surface area is 115 Å². The van der Waals surface area contributed by atoms with Crippen molar-refractivity contribution in [3.05, 3.63) is 52.0 Å². The molecule has 1 heterocycles. The van der Waals surface area contributed by atoms with Gasteiger partial charge in [0.1, 0.15) is 0 Å². The molecule has 0 aliphatic rings. The van der Waals surface area contributed by atoms with Crippen molar-refractivity contribution in [2.24, 2.45) is 5.11 Å².